The fourth-order valence-electron chi connectivity index (χ4n) is 3.08. The third-order valence-electron chi connectivity index (χ3n) is 4.17. The van der Waals surface area contributed by atoms with Gasteiger partial charge in [0.2, 0.25) is 0 Å². The highest BCUT2D eigenvalue weighted by atomic mass is 32.1. The lowest BCUT2D eigenvalue weighted by Gasteiger charge is -2.38. The van der Waals surface area contributed by atoms with Crippen molar-refractivity contribution >= 4 is 17.2 Å². The number of nitrogens with zero attached hydrogens (tertiary/aromatic N) is 3. The predicted molar refractivity (Wildman–Crippen MR) is 73.2 cm³/mol. The van der Waals surface area contributed by atoms with Crippen molar-refractivity contribution in [1.82, 2.24) is 14.8 Å². The van der Waals surface area contributed by atoms with Crippen molar-refractivity contribution in [2.75, 3.05) is 26.2 Å². The molecular weight excluding hydrogens is 262 g/mol. The maximum absolute atomic E-state index is 12.2. The van der Waals surface area contributed by atoms with E-state index < -0.39 is 0 Å². The number of aromatic nitrogens is 1. The number of aliphatic hydroxyl groups is 1. The van der Waals surface area contributed by atoms with Crippen molar-refractivity contribution in [2.45, 2.75) is 31.4 Å². The molecule has 0 spiro atoms. The normalized spacial score (nSPS) is 28.8. The molecule has 1 aromatic rings. The van der Waals surface area contributed by atoms with E-state index in [1.54, 1.807) is 10.9 Å². The average Bonchev–Trinajstić information content (AvgIpc) is 3.09. The summed E-state index contributed by atoms with van der Waals surface area (Å²) < 4.78 is 0. The molecule has 0 radical (unpaired) electrons. The van der Waals surface area contributed by atoms with E-state index in [9.17, 15) is 9.90 Å². The van der Waals surface area contributed by atoms with Crippen molar-refractivity contribution < 1.29 is 9.90 Å². The Balaban J connectivity index is 1.56. The van der Waals surface area contributed by atoms with Crippen LogP contribution in [-0.2, 0) is 0 Å². The zero-order valence-corrected chi connectivity index (χ0v) is 11.7. The maximum Gasteiger partial charge on any atom is 0.273 e. The Morgan fingerprint density at radius 1 is 1.32 bits per heavy atom. The number of carbonyl (C=O) groups excluding carboxylic acids is 1. The molecule has 1 aliphatic carbocycles. The lowest BCUT2D eigenvalue weighted by atomic mass is 10.1. The van der Waals surface area contributed by atoms with E-state index in [1.165, 1.54) is 11.3 Å². The van der Waals surface area contributed by atoms with E-state index in [0.717, 1.165) is 45.4 Å². The summed E-state index contributed by atoms with van der Waals surface area (Å²) in [7, 11) is 0. The fourth-order valence-corrected chi connectivity index (χ4v) is 3.61. The van der Waals surface area contributed by atoms with Gasteiger partial charge in [0, 0.05) is 37.6 Å². The summed E-state index contributed by atoms with van der Waals surface area (Å²) in [6.45, 7) is 3.19. The van der Waals surface area contributed by atoms with Crippen LogP contribution in [0.5, 0.6) is 0 Å². The molecule has 2 heterocycles. The van der Waals surface area contributed by atoms with Gasteiger partial charge in [-0.15, -0.1) is 11.3 Å². The topological polar surface area (TPSA) is 56.7 Å². The van der Waals surface area contributed by atoms with Gasteiger partial charge < -0.3 is 10.0 Å². The second-order valence-corrected chi connectivity index (χ2v) is 5.99. The van der Waals surface area contributed by atoms with Gasteiger partial charge in [-0.25, -0.2) is 4.98 Å². The zero-order chi connectivity index (χ0) is 13.2. The second kappa shape index (κ2) is 5.56. The molecule has 6 heteroatoms. The Morgan fingerprint density at radius 3 is 2.68 bits per heavy atom. The van der Waals surface area contributed by atoms with E-state index in [2.05, 4.69) is 9.88 Å². The number of piperazine rings is 1. The maximum atomic E-state index is 12.2. The van der Waals surface area contributed by atoms with E-state index in [0.29, 0.717) is 11.7 Å². The average molecular weight is 281 g/mol. The van der Waals surface area contributed by atoms with Gasteiger partial charge in [0.1, 0.15) is 5.69 Å². The summed E-state index contributed by atoms with van der Waals surface area (Å²) in [5.74, 6) is 0.0351. The molecule has 0 bridgehead atoms. The molecule has 5 nitrogen and oxygen atoms in total. The Kier molecular flexibility index (Phi) is 3.81. The van der Waals surface area contributed by atoms with Gasteiger partial charge in [0.25, 0.3) is 5.91 Å². The van der Waals surface area contributed by atoms with E-state index in [4.69, 9.17) is 0 Å². The fraction of sp³-hybridized carbons (Fsp3) is 0.692. The number of thiazole rings is 1. The van der Waals surface area contributed by atoms with Gasteiger partial charge in [-0.1, -0.05) is 0 Å². The molecule has 19 heavy (non-hydrogen) atoms. The Bertz CT molecular complexity index is 429. The van der Waals surface area contributed by atoms with Crippen LogP contribution in [0.25, 0.3) is 0 Å². The third-order valence-corrected chi connectivity index (χ3v) is 4.75. The summed E-state index contributed by atoms with van der Waals surface area (Å²) in [6.07, 6.45) is 2.94. The molecule has 1 N–H and O–H groups in total. The first kappa shape index (κ1) is 13.0. The molecule has 2 unspecified atom stereocenters. The minimum Gasteiger partial charge on any atom is -0.391 e. The van der Waals surface area contributed by atoms with Crippen molar-refractivity contribution in [1.29, 1.82) is 0 Å². The van der Waals surface area contributed by atoms with Crippen LogP contribution >= 0.6 is 11.3 Å². The van der Waals surface area contributed by atoms with Crippen LogP contribution in [0.4, 0.5) is 0 Å². The van der Waals surface area contributed by atoms with Gasteiger partial charge in [0.15, 0.2) is 0 Å². The Hall–Kier alpha value is -0.980. The zero-order valence-electron chi connectivity index (χ0n) is 10.9. The molecule has 2 aliphatic rings. The molecule has 104 valence electrons. The molecule has 1 saturated carbocycles. The first-order chi connectivity index (χ1) is 9.25. The van der Waals surface area contributed by atoms with Crippen molar-refractivity contribution in [3.05, 3.63) is 16.6 Å². The van der Waals surface area contributed by atoms with Gasteiger partial charge in [-0.05, 0) is 19.3 Å². The molecule has 1 amide bonds. The van der Waals surface area contributed by atoms with E-state index in [1.807, 2.05) is 4.90 Å². The molecule has 2 atom stereocenters. The van der Waals surface area contributed by atoms with Gasteiger partial charge in [-0.2, -0.15) is 0 Å². The number of hydrogen-bond acceptors (Lipinski definition) is 5. The van der Waals surface area contributed by atoms with Crippen LogP contribution in [-0.4, -0.2) is 64.1 Å². The van der Waals surface area contributed by atoms with Gasteiger partial charge in [0.05, 0.1) is 11.6 Å². The predicted octanol–water partition coefficient (Wildman–Crippen LogP) is 0.814. The van der Waals surface area contributed by atoms with Crippen LogP contribution in [0, 0.1) is 0 Å². The van der Waals surface area contributed by atoms with E-state index >= 15 is 0 Å². The number of rotatable bonds is 2. The van der Waals surface area contributed by atoms with Gasteiger partial charge >= 0.3 is 0 Å². The highest BCUT2D eigenvalue weighted by Crippen LogP contribution is 2.25. The highest BCUT2D eigenvalue weighted by molar-refractivity contribution is 7.07. The monoisotopic (exact) mass is 281 g/mol. The summed E-state index contributed by atoms with van der Waals surface area (Å²) in [5, 5.41) is 11.7. The molecule has 3 rings (SSSR count). The molecule has 2 fully saturated rings. The molecule has 1 aliphatic heterocycles. The van der Waals surface area contributed by atoms with E-state index in [-0.39, 0.29) is 12.0 Å². The van der Waals surface area contributed by atoms with Crippen LogP contribution in [0.15, 0.2) is 10.9 Å². The Labute approximate surface area is 116 Å². The molecule has 1 saturated heterocycles. The lowest BCUT2D eigenvalue weighted by Crippen LogP contribution is -2.53. The second-order valence-electron chi connectivity index (χ2n) is 5.27. The van der Waals surface area contributed by atoms with Crippen LogP contribution in [0.1, 0.15) is 29.8 Å². The minimum atomic E-state index is -0.180. The first-order valence-electron chi connectivity index (χ1n) is 6.85. The summed E-state index contributed by atoms with van der Waals surface area (Å²) >= 11 is 1.45. The summed E-state index contributed by atoms with van der Waals surface area (Å²) in [6, 6.07) is 0.302. The van der Waals surface area contributed by atoms with Gasteiger partial charge in [-0.3, -0.25) is 9.69 Å². The van der Waals surface area contributed by atoms with Crippen LogP contribution < -0.4 is 0 Å². The SMILES string of the molecule is O=C(c1cscn1)N1CCN(C2CCCC2O)CC1. The third kappa shape index (κ3) is 2.66. The molecule has 1 aromatic heterocycles. The Morgan fingerprint density at radius 2 is 2.11 bits per heavy atom. The summed E-state index contributed by atoms with van der Waals surface area (Å²) in [5.41, 5.74) is 2.25. The standard InChI is InChI=1S/C13H19N3O2S/c17-12-3-1-2-11(12)15-4-6-16(7-5-15)13(18)10-8-19-9-14-10/h8-9,11-12,17H,1-7H2. The minimum absolute atomic E-state index is 0.0351. The van der Waals surface area contributed by atoms with Crippen molar-refractivity contribution in [3.63, 3.8) is 0 Å². The largest absolute Gasteiger partial charge is 0.391 e. The number of carbonyl (C=O) groups is 1. The van der Waals surface area contributed by atoms with Crippen molar-refractivity contribution in [3.8, 4) is 0 Å². The lowest BCUT2D eigenvalue weighted by molar-refractivity contribution is 0.0313. The highest BCUT2D eigenvalue weighted by Gasteiger charge is 2.33. The number of amides is 1. The first-order valence-corrected chi connectivity index (χ1v) is 7.79. The van der Waals surface area contributed by atoms with Crippen LogP contribution in [0.2, 0.25) is 0 Å². The summed E-state index contributed by atoms with van der Waals surface area (Å²) in [4.78, 5) is 20.4. The smallest absolute Gasteiger partial charge is 0.273 e. The molecular formula is C13H19N3O2S. The quantitative estimate of drug-likeness (QED) is 0.872. The van der Waals surface area contributed by atoms with Crippen molar-refractivity contribution in [2.24, 2.45) is 0 Å². The molecule has 0 aromatic carbocycles. The number of aliphatic hydroxyl groups excluding tert-OH is 1. The number of hydrogen-bond donors (Lipinski definition) is 1. The van der Waals surface area contributed by atoms with Crippen LogP contribution in [0.3, 0.4) is 0 Å².